The van der Waals surface area contributed by atoms with E-state index in [2.05, 4.69) is 0 Å². The monoisotopic (exact) mass is 238 g/mol. The van der Waals surface area contributed by atoms with Crippen molar-refractivity contribution in [3.05, 3.63) is 29.3 Å². The molecule has 0 amide bonds. The molecule has 0 heterocycles. The third-order valence-electron chi connectivity index (χ3n) is 2.65. The molecule has 0 unspecified atom stereocenters. The Hall–Kier alpha value is -1.06. The Kier molecular flexibility index (Phi) is 4.54. The highest BCUT2D eigenvalue weighted by molar-refractivity contribution is 5.36. The van der Waals surface area contributed by atoms with Crippen molar-refractivity contribution < 1.29 is 14.9 Å². The van der Waals surface area contributed by atoms with E-state index in [9.17, 15) is 10.2 Å². The summed E-state index contributed by atoms with van der Waals surface area (Å²) in [6.07, 6.45) is 0.129. The predicted octanol–water partition coefficient (Wildman–Crippen LogP) is 2.59. The Labute approximate surface area is 103 Å². The minimum absolute atomic E-state index is 0.459. The van der Waals surface area contributed by atoms with E-state index in [1.165, 1.54) is 0 Å². The standard InChI is InChI=1S/C14H22O3/c1-10-9-12(11(2)15)5-6-13(10)17-8-7-14(3,4)16/h5-6,9,11,15-16H,7-8H2,1-4H3/t11-/m0/s1. The van der Waals surface area contributed by atoms with Gasteiger partial charge in [-0.2, -0.15) is 0 Å². The van der Waals surface area contributed by atoms with Crippen molar-refractivity contribution in [1.82, 2.24) is 0 Å². The zero-order valence-electron chi connectivity index (χ0n) is 11.0. The summed E-state index contributed by atoms with van der Waals surface area (Å²) in [5.41, 5.74) is 1.18. The molecule has 3 heteroatoms. The molecule has 1 atom stereocenters. The van der Waals surface area contributed by atoms with Gasteiger partial charge in [0.1, 0.15) is 5.75 Å². The number of aliphatic hydroxyl groups excluding tert-OH is 1. The Morgan fingerprint density at radius 1 is 1.35 bits per heavy atom. The van der Waals surface area contributed by atoms with Crippen molar-refractivity contribution in [3.63, 3.8) is 0 Å². The maximum absolute atomic E-state index is 9.57. The molecule has 0 fully saturated rings. The zero-order chi connectivity index (χ0) is 13.1. The zero-order valence-corrected chi connectivity index (χ0v) is 11.0. The lowest BCUT2D eigenvalue weighted by Gasteiger charge is -2.18. The van der Waals surface area contributed by atoms with E-state index >= 15 is 0 Å². The molecule has 0 spiro atoms. The Morgan fingerprint density at radius 3 is 2.47 bits per heavy atom. The molecule has 1 aromatic rings. The molecule has 3 nitrogen and oxygen atoms in total. The molecule has 0 aliphatic rings. The Bertz CT molecular complexity index is 364. The van der Waals surface area contributed by atoms with Gasteiger partial charge >= 0.3 is 0 Å². The molecule has 0 aromatic heterocycles. The highest BCUT2D eigenvalue weighted by Crippen LogP contribution is 2.23. The van der Waals surface area contributed by atoms with Gasteiger partial charge in [0.25, 0.3) is 0 Å². The van der Waals surface area contributed by atoms with Gasteiger partial charge in [-0.1, -0.05) is 6.07 Å². The lowest BCUT2D eigenvalue weighted by atomic mass is 10.1. The van der Waals surface area contributed by atoms with Gasteiger partial charge in [0.05, 0.1) is 18.3 Å². The van der Waals surface area contributed by atoms with Crippen LogP contribution in [0.4, 0.5) is 0 Å². The largest absolute Gasteiger partial charge is 0.493 e. The second-order valence-electron chi connectivity index (χ2n) is 5.11. The molecule has 0 saturated heterocycles. The molecule has 2 N–H and O–H groups in total. The van der Waals surface area contributed by atoms with Crippen LogP contribution in [0.25, 0.3) is 0 Å². The molecule has 1 aromatic carbocycles. The van der Waals surface area contributed by atoms with Crippen LogP contribution in [-0.4, -0.2) is 22.4 Å². The van der Waals surface area contributed by atoms with Gasteiger partial charge in [0.15, 0.2) is 0 Å². The van der Waals surface area contributed by atoms with Crippen LogP contribution < -0.4 is 4.74 Å². The van der Waals surface area contributed by atoms with Crippen LogP contribution in [-0.2, 0) is 0 Å². The van der Waals surface area contributed by atoms with Crippen LogP contribution in [0.1, 0.15) is 44.4 Å². The molecule has 0 saturated carbocycles. The molecule has 96 valence electrons. The molecule has 17 heavy (non-hydrogen) atoms. The summed E-state index contributed by atoms with van der Waals surface area (Å²) in [6, 6.07) is 5.64. The van der Waals surface area contributed by atoms with E-state index < -0.39 is 11.7 Å². The van der Waals surface area contributed by atoms with E-state index in [0.29, 0.717) is 13.0 Å². The quantitative estimate of drug-likeness (QED) is 0.829. The highest BCUT2D eigenvalue weighted by atomic mass is 16.5. The summed E-state index contributed by atoms with van der Waals surface area (Å²) in [5, 5.41) is 19.0. The van der Waals surface area contributed by atoms with Crippen LogP contribution in [0, 0.1) is 6.92 Å². The van der Waals surface area contributed by atoms with Crippen molar-refractivity contribution in [2.75, 3.05) is 6.61 Å². The van der Waals surface area contributed by atoms with E-state index in [-0.39, 0.29) is 0 Å². The second-order valence-corrected chi connectivity index (χ2v) is 5.11. The van der Waals surface area contributed by atoms with Crippen molar-refractivity contribution in [3.8, 4) is 5.75 Å². The molecule has 0 aliphatic heterocycles. The van der Waals surface area contributed by atoms with Gasteiger partial charge in [0, 0.05) is 6.42 Å². The number of aryl methyl sites for hydroxylation is 1. The lowest BCUT2D eigenvalue weighted by molar-refractivity contribution is 0.0552. The first-order chi connectivity index (χ1) is 7.79. The lowest BCUT2D eigenvalue weighted by Crippen LogP contribution is -2.21. The SMILES string of the molecule is Cc1cc([C@H](C)O)ccc1OCCC(C)(C)O. The number of hydrogen-bond donors (Lipinski definition) is 2. The Balaban J connectivity index is 2.61. The Morgan fingerprint density at radius 2 is 2.00 bits per heavy atom. The topological polar surface area (TPSA) is 49.7 Å². The fourth-order valence-corrected chi connectivity index (χ4v) is 1.51. The second kappa shape index (κ2) is 5.52. The number of aliphatic hydroxyl groups is 2. The predicted molar refractivity (Wildman–Crippen MR) is 68.2 cm³/mol. The van der Waals surface area contributed by atoms with Crippen LogP contribution >= 0.6 is 0 Å². The maximum Gasteiger partial charge on any atom is 0.122 e. The van der Waals surface area contributed by atoms with Gasteiger partial charge in [-0.15, -0.1) is 0 Å². The van der Waals surface area contributed by atoms with Gasteiger partial charge in [-0.05, 0) is 51.0 Å². The average molecular weight is 238 g/mol. The van der Waals surface area contributed by atoms with Crippen LogP contribution in [0.2, 0.25) is 0 Å². The molecular weight excluding hydrogens is 216 g/mol. The van der Waals surface area contributed by atoms with Crippen LogP contribution in [0.5, 0.6) is 5.75 Å². The number of ether oxygens (including phenoxy) is 1. The van der Waals surface area contributed by atoms with Crippen molar-refractivity contribution in [2.24, 2.45) is 0 Å². The van der Waals surface area contributed by atoms with Gasteiger partial charge in [-0.3, -0.25) is 0 Å². The van der Waals surface area contributed by atoms with Gasteiger partial charge in [-0.25, -0.2) is 0 Å². The number of benzene rings is 1. The molecule has 0 radical (unpaired) electrons. The molecule has 0 aliphatic carbocycles. The first-order valence-corrected chi connectivity index (χ1v) is 5.93. The molecular formula is C14H22O3. The van der Waals surface area contributed by atoms with E-state index in [4.69, 9.17) is 4.74 Å². The average Bonchev–Trinajstić information content (AvgIpc) is 2.18. The van der Waals surface area contributed by atoms with Crippen molar-refractivity contribution in [2.45, 2.75) is 45.8 Å². The smallest absolute Gasteiger partial charge is 0.122 e. The van der Waals surface area contributed by atoms with E-state index in [0.717, 1.165) is 16.9 Å². The first kappa shape index (κ1) is 14.0. The summed E-state index contributed by atoms with van der Waals surface area (Å²) in [6.45, 7) is 7.70. The van der Waals surface area contributed by atoms with E-state index in [1.54, 1.807) is 20.8 Å². The first-order valence-electron chi connectivity index (χ1n) is 5.93. The van der Waals surface area contributed by atoms with Crippen molar-refractivity contribution >= 4 is 0 Å². The van der Waals surface area contributed by atoms with Crippen LogP contribution in [0.15, 0.2) is 18.2 Å². The third-order valence-corrected chi connectivity index (χ3v) is 2.65. The summed E-state index contributed by atoms with van der Waals surface area (Å²) in [7, 11) is 0. The summed E-state index contributed by atoms with van der Waals surface area (Å²) >= 11 is 0. The maximum atomic E-state index is 9.57. The van der Waals surface area contributed by atoms with E-state index in [1.807, 2.05) is 25.1 Å². The third kappa shape index (κ3) is 4.75. The van der Waals surface area contributed by atoms with Crippen molar-refractivity contribution in [1.29, 1.82) is 0 Å². The molecule has 1 rings (SSSR count). The minimum Gasteiger partial charge on any atom is -0.493 e. The minimum atomic E-state index is -0.701. The molecule has 0 bridgehead atoms. The highest BCUT2D eigenvalue weighted by Gasteiger charge is 2.12. The van der Waals surface area contributed by atoms with Gasteiger partial charge < -0.3 is 14.9 Å². The van der Waals surface area contributed by atoms with Gasteiger partial charge in [0.2, 0.25) is 0 Å². The van der Waals surface area contributed by atoms with Crippen LogP contribution in [0.3, 0.4) is 0 Å². The number of rotatable bonds is 5. The summed E-state index contributed by atoms with van der Waals surface area (Å²) in [5.74, 6) is 0.804. The summed E-state index contributed by atoms with van der Waals surface area (Å²) in [4.78, 5) is 0. The number of hydrogen-bond acceptors (Lipinski definition) is 3. The fraction of sp³-hybridized carbons (Fsp3) is 0.571. The summed E-state index contributed by atoms with van der Waals surface area (Å²) < 4.78 is 5.61. The fourth-order valence-electron chi connectivity index (χ4n) is 1.51. The normalized spacial score (nSPS) is 13.5.